The van der Waals surface area contributed by atoms with Gasteiger partial charge in [0.15, 0.2) is 0 Å². The van der Waals surface area contributed by atoms with Crippen LogP contribution in [0, 0.1) is 0 Å². The van der Waals surface area contributed by atoms with Crippen molar-refractivity contribution in [3.05, 3.63) is 0 Å². The lowest BCUT2D eigenvalue weighted by Gasteiger charge is -2.38. The molecule has 1 amide bonds. The third-order valence-electron chi connectivity index (χ3n) is 4.33. The van der Waals surface area contributed by atoms with Crippen LogP contribution < -0.4 is 5.32 Å². The SMILES string of the molecule is CN(CC1CCO1)C1CCC(NC(=O)OC(C)(C)C)CC1. The molecule has 0 radical (unpaired) electrons. The van der Waals surface area contributed by atoms with Crippen LogP contribution in [0.1, 0.15) is 52.9 Å². The van der Waals surface area contributed by atoms with Gasteiger partial charge in [0, 0.05) is 25.2 Å². The molecule has 1 saturated heterocycles. The number of carbonyl (C=O) groups is 1. The summed E-state index contributed by atoms with van der Waals surface area (Å²) in [6, 6.07) is 0.871. The maximum atomic E-state index is 11.8. The lowest BCUT2D eigenvalue weighted by Crippen LogP contribution is -2.47. The van der Waals surface area contributed by atoms with Crippen molar-refractivity contribution in [1.29, 1.82) is 0 Å². The van der Waals surface area contributed by atoms with Crippen molar-refractivity contribution in [1.82, 2.24) is 10.2 Å². The molecule has 1 heterocycles. The minimum atomic E-state index is -0.426. The van der Waals surface area contributed by atoms with Crippen LogP contribution >= 0.6 is 0 Å². The van der Waals surface area contributed by atoms with Crippen molar-refractivity contribution in [3.8, 4) is 0 Å². The first kappa shape index (κ1) is 16.6. The summed E-state index contributed by atoms with van der Waals surface area (Å²) in [4.78, 5) is 14.2. The highest BCUT2D eigenvalue weighted by Gasteiger charge is 2.28. The third-order valence-corrected chi connectivity index (χ3v) is 4.33. The molecule has 2 rings (SSSR count). The van der Waals surface area contributed by atoms with Crippen molar-refractivity contribution in [2.24, 2.45) is 0 Å². The number of rotatable bonds is 4. The van der Waals surface area contributed by atoms with Gasteiger partial charge in [0.2, 0.25) is 0 Å². The van der Waals surface area contributed by atoms with Gasteiger partial charge in [-0.25, -0.2) is 4.79 Å². The number of nitrogens with zero attached hydrogens (tertiary/aromatic N) is 1. The average molecular weight is 298 g/mol. The maximum absolute atomic E-state index is 11.8. The number of hydrogen-bond donors (Lipinski definition) is 1. The van der Waals surface area contributed by atoms with Gasteiger partial charge in [-0.1, -0.05) is 0 Å². The Balaban J connectivity index is 1.66. The largest absolute Gasteiger partial charge is 0.444 e. The molecule has 0 aromatic heterocycles. The number of alkyl carbamates (subject to hydrolysis) is 1. The minimum absolute atomic E-state index is 0.254. The molecule has 0 aromatic carbocycles. The molecule has 0 spiro atoms. The highest BCUT2D eigenvalue weighted by Crippen LogP contribution is 2.24. The molecule has 0 aromatic rings. The van der Waals surface area contributed by atoms with Crippen molar-refractivity contribution in [3.63, 3.8) is 0 Å². The zero-order valence-electron chi connectivity index (χ0n) is 13.9. The summed E-state index contributed by atoms with van der Waals surface area (Å²) < 4.78 is 10.8. The van der Waals surface area contributed by atoms with Gasteiger partial charge in [-0.15, -0.1) is 0 Å². The summed E-state index contributed by atoms with van der Waals surface area (Å²) >= 11 is 0. The Bertz CT molecular complexity index is 342. The Hall–Kier alpha value is -0.810. The predicted octanol–water partition coefficient (Wildman–Crippen LogP) is 2.54. The lowest BCUT2D eigenvalue weighted by atomic mass is 9.90. The molecule has 1 N–H and O–H groups in total. The average Bonchev–Trinajstić information content (AvgIpc) is 2.32. The maximum Gasteiger partial charge on any atom is 0.407 e. The summed E-state index contributed by atoms with van der Waals surface area (Å²) in [7, 11) is 2.19. The summed E-state index contributed by atoms with van der Waals surface area (Å²) in [6.45, 7) is 7.63. The molecule has 1 atom stereocenters. The van der Waals surface area contributed by atoms with E-state index in [2.05, 4.69) is 17.3 Å². The fourth-order valence-electron chi connectivity index (χ4n) is 3.03. The van der Waals surface area contributed by atoms with Crippen LogP contribution in [0.5, 0.6) is 0 Å². The monoisotopic (exact) mass is 298 g/mol. The Kier molecular flexibility index (Phi) is 5.49. The molecule has 122 valence electrons. The van der Waals surface area contributed by atoms with Gasteiger partial charge in [-0.3, -0.25) is 0 Å². The standard InChI is InChI=1S/C16H30N2O3/c1-16(2,3)21-15(19)17-12-5-7-13(8-6-12)18(4)11-14-9-10-20-14/h12-14H,5-11H2,1-4H3,(H,17,19). The first-order chi connectivity index (χ1) is 9.83. The number of likely N-dealkylation sites (N-methyl/N-ethyl adjacent to an activating group) is 1. The predicted molar refractivity (Wildman–Crippen MR) is 82.4 cm³/mol. The highest BCUT2D eigenvalue weighted by molar-refractivity contribution is 5.68. The number of hydrogen-bond acceptors (Lipinski definition) is 4. The molecule has 2 aliphatic rings. The fourth-order valence-corrected chi connectivity index (χ4v) is 3.03. The second-order valence-corrected chi connectivity index (χ2v) is 7.37. The van der Waals surface area contributed by atoms with Crippen molar-refractivity contribution >= 4 is 6.09 Å². The van der Waals surface area contributed by atoms with Crippen LogP contribution in [-0.2, 0) is 9.47 Å². The van der Waals surface area contributed by atoms with Crippen molar-refractivity contribution < 1.29 is 14.3 Å². The van der Waals surface area contributed by atoms with E-state index in [1.807, 2.05) is 20.8 Å². The Morgan fingerprint density at radius 1 is 1.24 bits per heavy atom. The van der Waals surface area contributed by atoms with E-state index in [9.17, 15) is 4.79 Å². The second-order valence-electron chi connectivity index (χ2n) is 7.37. The van der Waals surface area contributed by atoms with E-state index in [1.165, 1.54) is 6.42 Å². The van der Waals surface area contributed by atoms with E-state index in [-0.39, 0.29) is 12.1 Å². The topological polar surface area (TPSA) is 50.8 Å². The van der Waals surface area contributed by atoms with E-state index in [1.54, 1.807) is 0 Å². The molecule has 1 unspecified atom stereocenters. The van der Waals surface area contributed by atoms with Crippen LogP contribution in [0.3, 0.4) is 0 Å². The van der Waals surface area contributed by atoms with Crippen LogP contribution in [0.25, 0.3) is 0 Å². The first-order valence-electron chi connectivity index (χ1n) is 8.15. The van der Waals surface area contributed by atoms with Gasteiger partial charge >= 0.3 is 6.09 Å². The highest BCUT2D eigenvalue weighted by atomic mass is 16.6. The molecule has 5 nitrogen and oxygen atoms in total. The number of carbonyl (C=O) groups excluding carboxylic acids is 1. The number of amides is 1. The van der Waals surface area contributed by atoms with Crippen LogP contribution in [-0.4, -0.2) is 55.0 Å². The van der Waals surface area contributed by atoms with Crippen LogP contribution in [0.2, 0.25) is 0 Å². The Morgan fingerprint density at radius 3 is 2.33 bits per heavy atom. The smallest absolute Gasteiger partial charge is 0.407 e. The minimum Gasteiger partial charge on any atom is -0.444 e. The van der Waals surface area contributed by atoms with E-state index < -0.39 is 5.60 Å². The summed E-state index contributed by atoms with van der Waals surface area (Å²) in [5, 5.41) is 2.99. The van der Waals surface area contributed by atoms with Gasteiger partial charge in [-0.2, -0.15) is 0 Å². The molecule has 0 bridgehead atoms. The first-order valence-corrected chi connectivity index (χ1v) is 8.15. The molecule has 1 aliphatic heterocycles. The Morgan fingerprint density at radius 2 is 1.86 bits per heavy atom. The second kappa shape index (κ2) is 6.97. The number of ether oxygens (including phenoxy) is 2. The van der Waals surface area contributed by atoms with Gasteiger partial charge in [0.05, 0.1) is 6.10 Å². The molecule has 1 aliphatic carbocycles. The summed E-state index contributed by atoms with van der Waals surface area (Å²) in [6.07, 6.45) is 5.65. The van der Waals surface area contributed by atoms with Gasteiger partial charge < -0.3 is 19.7 Å². The van der Waals surface area contributed by atoms with Crippen molar-refractivity contribution in [2.45, 2.75) is 76.7 Å². The lowest BCUT2D eigenvalue weighted by molar-refractivity contribution is -0.0701. The Labute approximate surface area is 128 Å². The van der Waals surface area contributed by atoms with Crippen LogP contribution in [0.4, 0.5) is 4.79 Å². The molecule has 1 saturated carbocycles. The zero-order valence-corrected chi connectivity index (χ0v) is 13.9. The molecular formula is C16H30N2O3. The van der Waals surface area contributed by atoms with E-state index in [0.717, 1.165) is 38.8 Å². The molecular weight excluding hydrogens is 268 g/mol. The van der Waals surface area contributed by atoms with Crippen molar-refractivity contribution in [2.75, 3.05) is 20.2 Å². The van der Waals surface area contributed by atoms with Gasteiger partial charge in [0.1, 0.15) is 5.60 Å². The fraction of sp³-hybridized carbons (Fsp3) is 0.938. The normalized spacial score (nSPS) is 29.9. The quantitative estimate of drug-likeness (QED) is 0.866. The third kappa shape index (κ3) is 5.47. The van der Waals surface area contributed by atoms with E-state index in [0.29, 0.717) is 12.1 Å². The van der Waals surface area contributed by atoms with E-state index in [4.69, 9.17) is 9.47 Å². The number of nitrogens with one attached hydrogen (secondary N) is 1. The zero-order chi connectivity index (χ0) is 15.5. The molecule has 5 heteroatoms. The summed E-state index contributed by atoms with van der Waals surface area (Å²) in [5.41, 5.74) is -0.426. The molecule has 2 fully saturated rings. The van der Waals surface area contributed by atoms with Gasteiger partial charge in [0.25, 0.3) is 0 Å². The summed E-state index contributed by atoms with van der Waals surface area (Å²) in [5.74, 6) is 0. The van der Waals surface area contributed by atoms with E-state index >= 15 is 0 Å². The van der Waals surface area contributed by atoms with Gasteiger partial charge in [-0.05, 0) is 59.9 Å². The molecule has 21 heavy (non-hydrogen) atoms. The van der Waals surface area contributed by atoms with Crippen LogP contribution in [0.15, 0.2) is 0 Å².